The molecule has 0 rings (SSSR count). The van der Waals surface area contributed by atoms with Gasteiger partial charge < -0.3 is 63.8 Å². The lowest BCUT2D eigenvalue weighted by Gasteiger charge is -2.11. The average Bonchev–Trinajstić information content (AvgIpc) is 3.36. The molecular formula is C57H108N4O8. The van der Waals surface area contributed by atoms with Crippen molar-refractivity contribution in [2.45, 2.75) is 224 Å². The van der Waals surface area contributed by atoms with Crippen molar-refractivity contribution < 1.29 is 40.9 Å². The van der Waals surface area contributed by atoms with E-state index in [4.69, 9.17) is 43.4 Å². The molecule has 0 aromatic rings. The third-order valence-corrected chi connectivity index (χ3v) is 10.7. The smallest absolute Gasteiger partial charge is 0.0897 e. The van der Waals surface area contributed by atoms with E-state index in [1.165, 1.54) is 102 Å². The molecule has 0 saturated heterocycles. The maximum absolute atomic E-state index is 9.48. The zero-order valence-corrected chi connectivity index (χ0v) is 44.2. The standard InChI is InChI=1S/C15H29NO2.2C14H27NO2.C14H25NO2/c1-3-4-6-9-13(2)10-7-5-8-11-15(18)14(16)12-17;3*1-2-3-4-5-6-7-8-9-10-11-14(17)13(15)12-16/h8,10-11,14-15,17-18H,3-7,9,12,16H2,1-2H3;8-11,13-14,16-17H,2-7,12,15H2,1H3;6-7,10-11,13-14,16-17H,2-5,8-9,12,15H2,1H3;6-11,13-14,16-17H,2-5,12,15H2,1H3/b11-8+,13-10+;9-8+,11-10+;7-6+,11-10+;7-6+,9-8+,11-10+. The van der Waals surface area contributed by atoms with Crippen molar-refractivity contribution in [2.75, 3.05) is 26.4 Å². The van der Waals surface area contributed by atoms with E-state index >= 15 is 0 Å². The fourth-order valence-corrected chi connectivity index (χ4v) is 5.81. The van der Waals surface area contributed by atoms with E-state index in [1.807, 2.05) is 36.5 Å². The van der Waals surface area contributed by atoms with Gasteiger partial charge in [-0.2, -0.15) is 0 Å². The molecule has 8 atom stereocenters. The molecule has 0 aromatic carbocycles. The molecule has 0 saturated carbocycles. The van der Waals surface area contributed by atoms with Gasteiger partial charge in [-0.05, 0) is 84.0 Å². The van der Waals surface area contributed by atoms with Crippen LogP contribution in [0, 0.1) is 0 Å². The molecule has 0 heterocycles. The molecule has 0 amide bonds. The fraction of sp³-hybridized carbons (Fsp3) is 0.684. The quantitative estimate of drug-likeness (QED) is 0.0157. The van der Waals surface area contributed by atoms with Crippen LogP contribution in [0.5, 0.6) is 0 Å². The molecule has 404 valence electrons. The van der Waals surface area contributed by atoms with Gasteiger partial charge in [0, 0.05) is 0 Å². The van der Waals surface area contributed by atoms with Crippen LogP contribution in [0.1, 0.15) is 176 Å². The van der Waals surface area contributed by atoms with Gasteiger partial charge in [0.1, 0.15) is 0 Å². The van der Waals surface area contributed by atoms with E-state index in [0.29, 0.717) is 0 Å². The van der Waals surface area contributed by atoms with Crippen LogP contribution in [0.4, 0.5) is 0 Å². The fourth-order valence-electron chi connectivity index (χ4n) is 5.81. The number of allylic oxidation sites excluding steroid dienone is 14. The minimum Gasteiger partial charge on any atom is -0.395 e. The molecule has 0 aliphatic carbocycles. The summed E-state index contributed by atoms with van der Waals surface area (Å²) in [7, 11) is 0. The van der Waals surface area contributed by atoms with E-state index in [0.717, 1.165) is 44.9 Å². The lowest BCUT2D eigenvalue weighted by molar-refractivity contribution is 0.143. The van der Waals surface area contributed by atoms with Crippen LogP contribution in [-0.4, -0.2) is 116 Å². The van der Waals surface area contributed by atoms with Crippen LogP contribution >= 0.6 is 0 Å². The number of aliphatic hydroxyl groups is 8. The monoisotopic (exact) mass is 977 g/mol. The number of unbranched alkanes of at least 4 members (excludes halogenated alkanes) is 15. The largest absolute Gasteiger partial charge is 0.395 e. The third-order valence-electron chi connectivity index (χ3n) is 10.7. The van der Waals surface area contributed by atoms with Gasteiger partial charge in [0.15, 0.2) is 0 Å². The predicted molar refractivity (Wildman–Crippen MR) is 295 cm³/mol. The first kappa shape index (κ1) is 72.7. The van der Waals surface area contributed by atoms with Gasteiger partial charge in [0.2, 0.25) is 0 Å². The zero-order chi connectivity index (χ0) is 52.6. The first-order valence-corrected chi connectivity index (χ1v) is 26.4. The maximum atomic E-state index is 9.48. The van der Waals surface area contributed by atoms with Crippen molar-refractivity contribution in [1.29, 1.82) is 0 Å². The van der Waals surface area contributed by atoms with Crippen LogP contribution in [-0.2, 0) is 0 Å². The molecule has 0 aliphatic rings. The Morgan fingerprint density at radius 3 is 1.13 bits per heavy atom. The molecule has 0 spiro atoms. The minimum absolute atomic E-state index is 0.192. The van der Waals surface area contributed by atoms with E-state index < -0.39 is 48.6 Å². The van der Waals surface area contributed by atoms with Gasteiger partial charge in [-0.15, -0.1) is 0 Å². The summed E-state index contributed by atoms with van der Waals surface area (Å²) in [5, 5.41) is 72.6. The molecule has 12 heteroatoms. The first-order valence-electron chi connectivity index (χ1n) is 26.4. The zero-order valence-electron chi connectivity index (χ0n) is 44.2. The summed E-state index contributed by atoms with van der Waals surface area (Å²) in [4.78, 5) is 0. The van der Waals surface area contributed by atoms with Crippen LogP contribution in [0.15, 0.2) is 109 Å². The number of hydrogen-bond donors (Lipinski definition) is 12. The average molecular weight is 978 g/mol. The second-order valence-electron chi connectivity index (χ2n) is 17.5. The third kappa shape index (κ3) is 57.6. The molecule has 12 nitrogen and oxygen atoms in total. The first-order chi connectivity index (χ1) is 33.3. The molecular weight excluding hydrogens is 869 g/mol. The topological polar surface area (TPSA) is 266 Å². The second-order valence-corrected chi connectivity index (χ2v) is 17.5. The Hall–Kier alpha value is -2.82. The highest BCUT2D eigenvalue weighted by Gasteiger charge is 2.10. The van der Waals surface area contributed by atoms with E-state index in [1.54, 1.807) is 36.5 Å². The van der Waals surface area contributed by atoms with Gasteiger partial charge in [-0.3, -0.25) is 0 Å². The summed E-state index contributed by atoms with van der Waals surface area (Å²) < 4.78 is 0. The van der Waals surface area contributed by atoms with Crippen molar-refractivity contribution in [1.82, 2.24) is 0 Å². The van der Waals surface area contributed by atoms with Crippen molar-refractivity contribution in [3.05, 3.63) is 109 Å². The minimum atomic E-state index is -0.793. The highest BCUT2D eigenvalue weighted by atomic mass is 16.3. The number of aliphatic hydroxyl groups excluding tert-OH is 8. The number of nitrogens with two attached hydrogens (primary N) is 4. The van der Waals surface area contributed by atoms with E-state index in [2.05, 4.69) is 65.0 Å². The maximum Gasteiger partial charge on any atom is 0.0897 e. The highest BCUT2D eigenvalue weighted by Crippen LogP contribution is 2.10. The van der Waals surface area contributed by atoms with Crippen molar-refractivity contribution >= 4 is 0 Å². The molecule has 0 aromatic heterocycles. The van der Waals surface area contributed by atoms with Crippen LogP contribution in [0.2, 0.25) is 0 Å². The molecule has 0 aliphatic heterocycles. The van der Waals surface area contributed by atoms with Crippen LogP contribution in [0.25, 0.3) is 0 Å². The van der Waals surface area contributed by atoms with Crippen molar-refractivity contribution in [2.24, 2.45) is 22.9 Å². The molecule has 0 bridgehead atoms. The van der Waals surface area contributed by atoms with Crippen molar-refractivity contribution in [3.63, 3.8) is 0 Å². The Bertz CT molecular complexity index is 1320. The summed E-state index contributed by atoms with van der Waals surface area (Å²) in [6, 6.07) is -2.35. The highest BCUT2D eigenvalue weighted by molar-refractivity contribution is 5.13. The van der Waals surface area contributed by atoms with Crippen LogP contribution < -0.4 is 22.9 Å². The van der Waals surface area contributed by atoms with E-state index in [9.17, 15) is 20.4 Å². The van der Waals surface area contributed by atoms with Gasteiger partial charge in [0.25, 0.3) is 0 Å². The van der Waals surface area contributed by atoms with Crippen molar-refractivity contribution in [3.8, 4) is 0 Å². The molecule has 69 heavy (non-hydrogen) atoms. The summed E-state index contributed by atoms with van der Waals surface area (Å²) >= 11 is 0. The summed E-state index contributed by atoms with van der Waals surface area (Å²) in [5.74, 6) is 0. The molecule has 0 radical (unpaired) electrons. The molecule has 0 fully saturated rings. The number of rotatable bonds is 39. The lowest BCUT2D eigenvalue weighted by atomic mass is 10.1. The van der Waals surface area contributed by atoms with Gasteiger partial charge in [0.05, 0.1) is 75.0 Å². The van der Waals surface area contributed by atoms with Crippen LogP contribution in [0.3, 0.4) is 0 Å². The van der Waals surface area contributed by atoms with Gasteiger partial charge in [-0.1, -0.05) is 201 Å². The van der Waals surface area contributed by atoms with Gasteiger partial charge in [-0.25, -0.2) is 0 Å². The molecule has 16 N–H and O–H groups in total. The SMILES string of the molecule is CCCCC/C(C)=C/CC/C=C/C(O)C(N)CO.CCCCC/C=C/C=C/C=C/C(O)C(N)CO.CCCCC/C=C/CC/C=C/C(O)C(N)CO.CCCCCCC/C=C/C=C/C(O)C(N)CO. The van der Waals surface area contributed by atoms with Gasteiger partial charge >= 0.3 is 0 Å². The Labute approximate surface area is 422 Å². The summed E-state index contributed by atoms with van der Waals surface area (Å²) in [6.45, 7) is 10.2. The summed E-state index contributed by atoms with van der Waals surface area (Å²) in [6.07, 6.45) is 55.6. The Morgan fingerprint density at radius 2 is 0.667 bits per heavy atom. The second kappa shape index (κ2) is 59.5. The normalized spacial score (nSPS) is 16.0. The number of hydrogen-bond acceptors (Lipinski definition) is 12. The summed E-state index contributed by atoms with van der Waals surface area (Å²) in [5.41, 5.74) is 23.3. The Kier molecular flexibility index (Phi) is 62.7. The van der Waals surface area contributed by atoms with E-state index in [-0.39, 0.29) is 26.4 Å². The lowest BCUT2D eigenvalue weighted by Crippen LogP contribution is -2.36. The Balaban J connectivity index is -0.000000408. The Morgan fingerprint density at radius 1 is 0.348 bits per heavy atom. The predicted octanol–water partition coefficient (Wildman–Crippen LogP) is 8.73. The molecule has 8 unspecified atom stereocenters.